The topological polar surface area (TPSA) is 88.8 Å². The summed E-state index contributed by atoms with van der Waals surface area (Å²) in [5.74, 6) is -0.316. The summed E-state index contributed by atoms with van der Waals surface area (Å²) in [4.78, 5) is 31.1. The first-order chi connectivity index (χ1) is 12.7. The number of carbonyl (C=O) groups excluding carboxylic acids is 1. The Morgan fingerprint density at radius 2 is 2.08 bits per heavy atom. The molecule has 0 atom stereocenters. The van der Waals surface area contributed by atoms with Crippen molar-refractivity contribution in [3.8, 4) is 0 Å². The van der Waals surface area contributed by atoms with E-state index in [2.05, 4.69) is 20.3 Å². The first-order valence-electron chi connectivity index (χ1n) is 9.21. The predicted molar refractivity (Wildman–Crippen MR) is 101 cm³/mol. The lowest BCUT2D eigenvalue weighted by atomic mass is 10.2. The molecule has 1 fully saturated rings. The molecule has 0 radical (unpaired) electrons. The standard InChI is InChI=1S/C17H25N5O3S/c1-2-25-11-7-8-18-15(24)13-12-14(23)19-16-22(13)20-17(26-16)21-9-5-3-4-6-10-21/h12H,2-11H2,1H3,(H,18,24). The molecule has 1 saturated heterocycles. The van der Waals surface area contributed by atoms with E-state index in [1.165, 1.54) is 34.8 Å². The molecule has 0 saturated carbocycles. The summed E-state index contributed by atoms with van der Waals surface area (Å²) in [7, 11) is 0. The monoisotopic (exact) mass is 379 g/mol. The smallest absolute Gasteiger partial charge is 0.274 e. The summed E-state index contributed by atoms with van der Waals surface area (Å²) < 4.78 is 6.75. The number of carbonyl (C=O) groups is 1. The van der Waals surface area contributed by atoms with Gasteiger partial charge >= 0.3 is 0 Å². The van der Waals surface area contributed by atoms with Crippen LogP contribution in [0.2, 0.25) is 0 Å². The third kappa shape index (κ3) is 4.59. The number of fused-ring (bicyclic) bond motifs is 1. The van der Waals surface area contributed by atoms with E-state index < -0.39 is 5.56 Å². The first kappa shape index (κ1) is 18.8. The van der Waals surface area contributed by atoms with Gasteiger partial charge in [-0.2, -0.15) is 9.50 Å². The second kappa shape index (κ2) is 9.09. The van der Waals surface area contributed by atoms with Crippen LogP contribution in [0.3, 0.4) is 0 Å². The van der Waals surface area contributed by atoms with Gasteiger partial charge in [0, 0.05) is 38.9 Å². The van der Waals surface area contributed by atoms with Crippen LogP contribution in [0.1, 0.15) is 49.5 Å². The number of ether oxygens (including phenoxy) is 1. The van der Waals surface area contributed by atoms with Gasteiger partial charge in [0.1, 0.15) is 5.69 Å². The number of amides is 1. The zero-order valence-electron chi connectivity index (χ0n) is 15.1. The highest BCUT2D eigenvalue weighted by atomic mass is 32.1. The van der Waals surface area contributed by atoms with Gasteiger partial charge in [0.05, 0.1) is 0 Å². The lowest BCUT2D eigenvalue weighted by Gasteiger charge is -2.17. The van der Waals surface area contributed by atoms with E-state index in [0.717, 1.165) is 37.5 Å². The minimum Gasteiger partial charge on any atom is -0.382 e. The average Bonchev–Trinajstić information content (AvgIpc) is 2.87. The molecule has 1 aliphatic heterocycles. The number of rotatable bonds is 7. The maximum atomic E-state index is 12.5. The fourth-order valence-electron chi connectivity index (χ4n) is 2.97. The summed E-state index contributed by atoms with van der Waals surface area (Å²) in [5, 5.41) is 8.21. The summed E-state index contributed by atoms with van der Waals surface area (Å²) in [6, 6.07) is 1.25. The molecule has 0 aromatic carbocycles. The SMILES string of the molecule is CCOCCCNC(=O)c1cc(=O)nc2sc(N3CCCCCC3)nn12. The summed E-state index contributed by atoms with van der Waals surface area (Å²) in [5.41, 5.74) is -0.190. The fourth-order valence-corrected chi connectivity index (χ4v) is 3.93. The zero-order chi connectivity index (χ0) is 18.4. The molecular formula is C17H25N5O3S. The van der Waals surface area contributed by atoms with Gasteiger partial charge < -0.3 is 15.0 Å². The van der Waals surface area contributed by atoms with E-state index in [-0.39, 0.29) is 11.6 Å². The van der Waals surface area contributed by atoms with Crippen molar-refractivity contribution in [2.45, 2.75) is 39.0 Å². The van der Waals surface area contributed by atoms with Crippen molar-refractivity contribution in [1.82, 2.24) is 19.9 Å². The van der Waals surface area contributed by atoms with Crippen LogP contribution >= 0.6 is 11.3 Å². The highest BCUT2D eigenvalue weighted by Gasteiger charge is 2.19. The molecule has 2 aromatic rings. The number of nitrogens with zero attached hydrogens (tertiary/aromatic N) is 4. The molecule has 1 amide bonds. The van der Waals surface area contributed by atoms with Crippen LogP contribution in [0.5, 0.6) is 0 Å². The van der Waals surface area contributed by atoms with Gasteiger partial charge in [0.2, 0.25) is 10.1 Å². The van der Waals surface area contributed by atoms with Crippen molar-refractivity contribution in [1.29, 1.82) is 0 Å². The third-order valence-corrected chi connectivity index (χ3v) is 5.28. The van der Waals surface area contributed by atoms with Crippen molar-refractivity contribution in [2.75, 3.05) is 37.7 Å². The summed E-state index contributed by atoms with van der Waals surface area (Å²) >= 11 is 1.36. The first-order valence-corrected chi connectivity index (χ1v) is 10.0. The van der Waals surface area contributed by atoms with E-state index in [1.54, 1.807) is 0 Å². The molecule has 0 bridgehead atoms. The minimum absolute atomic E-state index is 0.230. The number of nitrogens with one attached hydrogen (secondary N) is 1. The normalized spacial score (nSPS) is 15.2. The van der Waals surface area contributed by atoms with E-state index in [1.807, 2.05) is 6.92 Å². The maximum Gasteiger partial charge on any atom is 0.274 e. The lowest BCUT2D eigenvalue weighted by molar-refractivity contribution is 0.0936. The van der Waals surface area contributed by atoms with Gasteiger partial charge in [0.15, 0.2) is 0 Å². The molecular weight excluding hydrogens is 354 g/mol. The Morgan fingerprint density at radius 1 is 1.31 bits per heavy atom. The molecule has 0 spiro atoms. The zero-order valence-corrected chi connectivity index (χ0v) is 15.9. The van der Waals surface area contributed by atoms with Gasteiger partial charge in [-0.3, -0.25) is 9.59 Å². The Hall–Kier alpha value is -2.00. The Labute approximate surface area is 156 Å². The van der Waals surface area contributed by atoms with Gasteiger partial charge in [-0.25, -0.2) is 0 Å². The van der Waals surface area contributed by atoms with Crippen molar-refractivity contribution in [3.05, 3.63) is 22.1 Å². The van der Waals surface area contributed by atoms with Crippen LogP contribution in [-0.4, -0.2) is 53.4 Å². The molecule has 9 heteroatoms. The van der Waals surface area contributed by atoms with Crippen LogP contribution in [0, 0.1) is 0 Å². The fraction of sp³-hybridized carbons (Fsp3) is 0.647. The van der Waals surface area contributed by atoms with Crippen molar-refractivity contribution in [3.63, 3.8) is 0 Å². The molecule has 3 heterocycles. The number of hydrogen-bond acceptors (Lipinski definition) is 7. The van der Waals surface area contributed by atoms with E-state index in [0.29, 0.717) is 24.7 Å². The van der Waals surface area contributed by atoms with Crippen molar-refractivity contribution >= 4 is 27.3 Å². The second-order valence-corrected chi connectivity index (χ2v) is 7.20. The van der Waals surface area contributed by atoms with Crippen LogP contribution in [0.15, 0.2) is 10.9 Å². The highest BCUT2D eigenvalue weighted by Crippen LogP contribution is 2.25. The molecule has 3 rings (SSSR count). The van der Waals surface area contributed by atoms with Crippen molar-refractivity contribution < 1.29 is 9.53 Å². The van der Waals surface area contributed by atoms with Gasteiger partial charge in [-0.05, 0) is 26.2 Å². The van der Waals surface area contributed by atoms with E-state index in [9.17, 15) is 9.59 Å². The number of anilines is 1. The highest BCUT2D eigenvalue weighted by molar-refractivity contribution is 7.20. The predicted octanol–water partition coefficient (Wildman–Crippen LogP) is 1.69. The van der Waals surface area contributed by atoms with E-state index >= 15 is 0 Å². The van der Waals surface area contributed by atoms with E-state index in [4.69, 9.17) is 4.74 Å². The van der Waals surface area contributed by atoms with Gasteiger partial charge in [-0.15, -0.1) is 5.10 Å². The molecule has 1 N–H and O–H groups in total. The second-order valence-electron chi connectivity index (χ2n) is 6.27. The number of hydrogen-bond donors (Lipinski definition) is 1. The molecule has 0 aliphatic carbocycles. The summed E-state index contributed by atoms with van der Waals surface area (Å²) in [6.45, 7) is 5.57. The molecule has 142 valence electrons. The Kier molecular flexibility index (Phi) is 6.56. The lowest BCUT2D eigenvalue weighted by Crippen LogP contribution is -2.29. The Morgan fingerprint density at radius 3 is 2.81 bits per heavy atom. The largest absolute Gasteiger partial charge is 0.382 e. The average molecular weight is 379 g/mol. The van der Waals surface area contributed by atoms with Crippen LogP contribution in [0.4, 0.5) is 5.13 Å². The molecule has 2 aromatic heterocycles. The molecule has 26 heavy (non-hydrogen) atoms. The van der Waals surface area contributed by atoms with Crippen LogP contribution in [0.25, 0.3) is 4.96 Å². The van der Waals surface area contributed by atoms with Gasteiger partial charge in [0.25, 0.3) is 11.5 Å². The quantitative estimate of drug-likeness (QED) is 0.737. The maximum absolute atomic E-state index is 12.5. The van der Waals surface area contributed by atoms with Gasteiger partial charge in [-0.1, -0.05) is 24.2 Å². The summed E-state index contributed by atoms with van der Waals surface area (Å²) in [6.07, 6.45) is 5.45. The molecule has 8 nitrogen and oxygen atoms in total. The Balaban J connectivity index is 1.78. The molecule has 1 aliphatic rings. The Bertz CT molecular complexity index is 795. The minimum atomic E-state index is -0.421. The van der Waals surface area contributed by atoms with Crippen molar-refractivity contribution in [2.24, 2.45) is 0 Å². The third-order valence-electron chi connectivity index (χ3n) is 4.31. The van der Waals surface area contributed by atoms with Crippen LogP contribution in [-0.2, 0) is 4.74 Å². The molecule has 0 unspecified atom stereocenters. The van der Waals surface area contributed by atoms with Crippen LogP contribution < -0.4 is 15.8 Å². The number of aromatic nitrogens is 3.